The average molecular weight is 278 g/mol. The Morgan fingerprint density at radius 3 is 2.40 bits per heavy atom. The molecule has 2 rings (SSSR count). The minimum absolute atomic E-state index is 0.0194. The van der Waals surface area contributed by atoms with Crippen molar-refractivity contribution in [3.63, 3.8) is 0 Å². The van der Waals surface area contributed by atoms with Crippen LogP contribution in [0.4, 0.5) is 14.6 Å². The number of pyridine rings is 1. The predicted molar refractivity (Wildman–Crippen MR) is 74.2 cm³/mol. The zero-order valence-corrected chi connectivity index (χ0v) is 11.4. The quantitative estimate of drug-likeness (QED) is 0.892. The van der Waals surface area contributed by atoms with Gasteiger partial charge in [0.1, 0.15) is 5.75 Å². The molecule has 0 aliphatic heterocycles. The number of hydrogen-bond donors (Lipinski definition) is 1. The predicted octanol–water partition coefficient (Wildman–Crippen LogP) is 4.15. The maximum atomic E-state index is 13.6. The van der Waals surface area contributed by atoms with E-state index in [9.17, 15) is 8.78 Å². The molecule has 0 spiro atoms. The second-order valence-electron chi connectivity index (χ2n) is 4.24. The van der Waals surface area contributed by atoms with Crippen LogP contribution in [0.2, 0.25) is 0 Å². The maximum Gasteiger partial charge on any atom is 0.258 e. The summed E-state index contributed by atoms with van der Waals surface area (Å²) >= 11 is 0. The van der Waals surface area contributed by atoms with Crippen LogP contribution in [0, 0.1) is 11.6 Å². The molecule has 1 heterocycles. The summed E-state index contributed by atoms with van der Waals surface area (Å²) in [6.07, 6.45) is 0.911. The van der Waals surface area contributed by atoms with Crippen molar-refractivity contribution < 1.29 is 13.5 Å². The topological polar surface area (TPSA) is 34.2 Å². The molecule has 1 N–H and O–H groups in total. The summed E-state index contributed by atoms with van der Waals surface area (Å²) in [7, 11) is 0. The number of benzene rings is 1. The summed E-state index contributed by atoms with van der Waals surface area (Å²) in [4.78, 5) is 3.82. The smallest absolute Gasteiger partial charge is 0.258 e. The van der Waals surface area contributed by atoms with Gasteiger partial charge in [0.25, 0.3) is 5.88 Å². The van der Waals surface area contributed by atoms with Crippen LogP contribution >= 0.6 is 0 Å². The third kappa shape index (κ3) is 3.23. The number of nitrogens with zero attached hydrogens (tertiary/aromatic N) is 1. The number of aryl methyl sites for hydroxylation is 1. The third-order valence-corrected chi connectivity index (χ3v) is 2.79. The molecular weight excluding hydrogens is 262 g/mol. The van der Waals surface area contributed by atoms with Gasteiger partial charge >= 0.3 is 0 Å². The van der Waals surface area contributed by atoms with Crippen LogP contribution in [0.15, 0.2) is 30.3 Å². The van der Waals surface area contributed by atoms with Crippen molar-refractivity contribution in [3.8, 4) is 11.6 Å². The molecule has 0 aliphatic carbocycles. The summed E-state index contributed by atoms with van der Waals surface area (Å²) in [5.41, 5.74) is 1.15. The number of rotatable bonds is 5. The van der Waals surface area contributed by atoms with Gasteiger partial charge in [-0.25, -0.2) is 8.78 Å². The summed E-state index contributed by atoms with van der Waals surface area (Å²) in [5.74, 6) is -1.37. The van der Waals surface area contributed by atoms with Gasteiger partial charge < -0.3 is 10.1 Å². The van der Waals surface area contributed by atoms with E-state index in [1.54, 1.807) is 19.1 Å². The molecule has 0 saturated heterocycles. The van der Waals surface area contributed by atoms with Crippen molar-refractivity contribution >= 4 is 5.82 Å². The van der Waals surface area contributed by atoms with Gasteiger partial charge in [-0.1, -0.05) is 19.1 Å². The molecule has 0 bridgehead atoms. The summed E-state index contributed by atoms with van der Waals surface area (Å²) < 4.78 is 32.4. The van der Waals surface area contributed by atoms with Gasteiger partial charge in [-0.05, 0) is 31.0 Å². The zero-order valence-electron chi connectivity index (χ0n) is 11.4. The van der Waals surface area contributed by atoms with Crippen molar-refractivity contribution in [2.45, 2.75) is 20.3 Å². The molecule has 0 amide bonds. The zero-order chi connectivity index (χ0) is 14.5. The number of hydrogen-bond acceptors (Lipinski definition) is 3. The molecule has 0 aliphatic rings. The van der Waals surface area contributed by atoms with E-state index in [1.165, 1.54) is 0 Å². The Kier molecular flexibility index (Phi) is 4.50. The fourth-order valence-electron chi connectivity index (χ4n) is 1.72. The Balaban J connectivity index is 2.25. The number of halogens is 2. The fraction of sp³-hybridized carbons (Fsp3) is 0.267. The SMILES string of the molecule is CCNc1nc(Oc2ccc(CC)cc2)c(F)cc1F. The van der Waals surface area contributed by atoms with E-state index in [2.05, 4.69) is 10.3 Å². The van der Waals surface area contributed by atoms with Crippen molar-refractivity contribution in [2.24, 2.45) is 0 Å². The van der Waals surface area contributed by atoms with E-state index in [-0.39, 0.29) is 11.7 Å². The Morgan fingerprint density at radius 2 is 1.80 bits per heavy atom. The minimum Gasteiger partial charge on any atom is -0.436 e. The molecule has 20 heavy (non-hydrogen) atoms. The van der Waals surface area contributed by atoms with Crippen LogP contribution in [0.1, 0.15) is 19.4 Å². The van der Waals surface area contributed by atoms with Gasteiger partial charge in [0.15, 0.2) is 17.5 Å². The molecule has 0 radical (unpaired) electrons. The Bertz CT molecular complexity index is 585. The first-order valence-electron chi connectivity index (χ1n) is 6.50. The highest BCUT2D eigenvalue weighted by Gasteiger charge is 2.13. The molecule has 0 atom stereocenters. The van der Waals surface area contributed by atoms with Gasteiger partial charge in [-0.3, -0.25) is 0 Å². The van der Waals surface area contributed by atoms with Crippen molar-refractivity contribution in [3.05, 3.63) is 47.5 Å². The normalized spacial score (nSPS) is 10.4. The van der Waals surface area contributed by atoms with E-state index in [4.69, 9.17) is 4.74 Å². The van der Waals surface area contributed by atoms with E-state index in [0.29, 0.717) is 12.3 Å². The Hall–Kier alpha value is -2.17. The first kappa shape index (κ1) is 14.2. The van der Waals surface area contributed by atoms with Gasteiger partial charge in [-0.2, -0.15) is 4.98 Å². The van der Waals surface area contributed by atoms with Crippen LogP contribution in [0.5, 0.6) is 11.6 Å². The number of ether oxygens (including phenoxy) is 1. The lowest BCUT2D eigenvalue weighted by molar-refractivity contribution is 0.418. The molecule has 0 saturated carbocycles. The van der Waals surface area contributed by atoms with Crippen LogP contribution in [-0.4, -0.2) is 11.5 Å². The highest BCUT2D eigenvalue weighted by Crippen LogP contribution is 2.26. The summed E-state index contributed by atoms with van der Waals surface area (Å²) in [6.45, 7) is 4.33. The largest absolute Gasteiger partial charge is 0.436 e. The fourth-order valence-corrected chi connectivity index (χ4v) is 1.72. The van der Waals surface area contributed by atoms with Gasteiger partial charge in [0.2, 0.25) is 0 Å². The lowest BCUT2D eigenvalue weighted by Crippen LogP contribution is -2.04. The maximum absolute atomic E-state index is 13.6. The molecule has 106 valence electrons. The first-order chi connectivity index (χ1) is 9.63. The Morgan fingerprint density at radius 1 is 1.10 bits per heavy atom. The van der Waals surface area contributed by atoms with E-state index in [0.717, 1.165) is 18.1 Å². The lowest BCUT2D eigenvalue weighted by Gasteiger charge is -2.09. The van der Waals surface area contributed by atoms with Gasteiger partial charge in [0, 0.05) is 12.6 Å². The number of anilines is 1. The van der Waals surface area contributed by atoms with Crippen LogP contribution < -0.4 is 10.1 Å². The molecular formula is C15H16F2N2O. The molecule has 3 nitrogen and oxygen atoms in total. The van der Waals surface area contributed by atoms with Crippen molar-refractivity contribution in [2.75, 3.05) is 11.9 Å². The molecule has 0 fully saturated rings. The van der Waals surface area contributed by atoms with Gasteiger partial charge in [0.05, 0.1) is 0 Å². The second kappa shape index (κ2) is 6.32. The molecule has 1 aromatic carbocycles. The number of aromatic nitrogens is 1. The monoisotopic (exact) mass is 278 g/mol. The standard InChI is InChI=1S/C15H16F2N2O/c1-3-10-5-7-11(8-6-10)20-15-13(17)9-12(16)14(19-15)18-4-2/h5-9H,3-4H2,1-2H3,(H,18,19). The minimum atomic E-state index is -0.830. The first-order valence-corrected chi connectivity index (χ1v) is 6.50. The van der Waals surface area contributed by atoms with E-state index < -0.39 is 11.6 Å². The van der Waals surface area contributed by atoms with Crippen LogP contribution in [-0.2, 0) is 6.42 Å². The van der Waals surface area contributed by atoms with Crippen molar-refractivity contribution in [1.82, 2.24) is 4.98 Å². The van der Waals surface area contributed by atoms with E-state index >= 15 is 0 Å². The van der Waals surface area contributed by atoms with Gasteiger partial charge in [-0.15, -0.1) is 0 Å². The third-order valence-electron chi connectivity index (χ3n) is 2.79. The molecule has 0 unspecified atom stereocenters. The summed E-state index contributed by atoms with van der Waals surface area (Å²) in [5, 5.41) is 2.71. The highest BCUT2D eigenvalue weighted by atomic mass is 19.1. The molecule has 1 aromatic heterocycles. The Labute approximate surface area is 116 Å². The number of nitrogens with one attached hydrogen (secondary N) is 1. The average Bonchev–Trinajstić information content (AvgIpc) is 2.45. The van der Waals surface area contributed by atoms with E-state index in [1.807, 2.05) is 19.1 Å². The molecule has 5 heteroatoms. The lowest BCUT2D eigenvalue weighted by atomic mass is 10.2. The summed E-state index contributed by atoms with van der Waals surface area (Å²) in [6, 6.07) is 8.01. The van der Waals surface area contributed by atoms with Crippen molar-refractivity contribution in [1.29, 1.82) is 0 Å². The molecule has 2 aromatic rings. The van der Waals surface area contributed by atoms with Crippen LogP contribution in [0.3, 0.4) is 0 Å². The van der Waals surface area contributed by atoms with Crippen LogP contribution in [0.25, 0.3) is 0 Å². The second-order valence-corrected chi connectivity index (χ2v) is 4.24. The highest BCUT2D eigenvalue weighted by molar-refractivity contribution is 5.41.